The molecule has 2 fully saturated rings. The van der Waals surface area contributed by atoms with Crippen molar-refractivity contribution < 1.29 is 4.79 Å². The Morgan fingerprint density at radius 3 is 2.24 bits per heavy atom. The predicted molar refractivity (Wildman–Crippen MR) is 130 cm³/mol. The van der Waals surface area contributed by atoms with E-state index in [1.54, 1.807) is 0 Å². The van der Waals surface area contributed by atoms with Gasteiger partial charge >= 0.3 is 0 Å². The van der Waals surface area contributed by atoms with E-state index >= 15 is 0 Å². The van der Waals surface area contributed by atoms with Crippen LogP contribution in [0.25, 0.3) is 5.65 Å². The number of rotatable bonds is 6. The van der Waals surface area contributed by atoms with Gasteiger partial charge in [-0.2, -0.15) is 0 Å². The lowest BCUT2D eigenvalue weighted by Crippen LogP contribution is -2.57. The largest absolute Gasteiger partial charge is 0.339 e. The molecule has 174 valence electrons. The quantitative estimate of drug-likeness (QED) is 0.581. The second-order valence-corrected chi connectivity index (χ2v) is 9.27. The van der Waals surface area contributed by atoms with E-state index in [0.717, 1.165) is 76.8 Å². The van der Waals surface area contributed by atoms with Crippen LogP contribution in [0.15, 0.2) is 60.9 Å². The van der Waals surface area contributed by atoms with E-state index in [-0.39, 0.29) is 11.9 Å². The molecule has 7 heteroatoms. The van der Waals surface area contributed by atoms with Crippen LogP contribution in [-0.4, -0.2) is 93.3 Å². The highest BCUT2D eigenvalue weighted by Crippen LogP contribution is 2.15. The molecule has 2 saturated heterocycles. The zero-order valence-electron chi connectivity index (χ0n) is 19.5. The second kappa shape index (κ2) is 10.0. The number of carbonyl (C=O) groups excluding carboxylic acids is 1. The Morgan fingerprint density at radius 1 is 0.848 bits per heavy atom. The number of amides is 1. The molecule has 0 N–H and O–H groups in total. The van der Waals surface area contributed by atoms with E-state index < -0.39 is 0 Å². The summed E-state index contributed by atoms with van der Waals surface area (Å²) in [6.07, 6.45) is 4.16. The van der Waals surface area contributed by atoms with Crippen molar-refractivity contribution in [3.63, 3.8) is 0 Å². The van der Waals surface area contributed by atoms with Crippen LogP contribution in [-0.2, 0) is 17.9 Å². The van der Waals surface area contributed by atoms with Crippen molar-refractivity contribution in [3.05, 3.63) is 72.2 Å². The molecule has 0 bridgehead atoms. The van der Waals surface area contributed by atoms with E-state index in [4.69, 9.17) is 4.98 Å². The highest BCUT2D eigenvalue weighted by Gasteiger charge is 2.30. The van der Waals surface area contributed by atoms with Crippen molar-refractivity contribution in [2.45, 2.75) is 26.1 Å². The summed E-state index contributed by atoms with van der Waals surface area (Å²) in [6.45, 7) is 11.2. The number of hydrogen-bond donors (Lipinski definition) is 0. The van der Waals surface area contributed by atoms with Gasteiger partial charge in [-0.05, 0) is 24.6 Å². The van der Waals surface area contributed by atoms with Crippen molar-refractivity contribution in [1.82, 2.24) is 29.0 Å². The van der Waals surface area contributed by atoms with E-state index in [1.165, 1.54) is 5.56 Å². The maximum Gasteiger partial charge on any atom is 0.239 e. The van der Waals surface area contributed by atoms with Gasteiger partial charge in [0.25, 0.3) is 0 Å². The number of hydrogen-bond acceptors (Lipinski definition) is 5. The molecule has 2 aliphatic rings. The van der Waals surface area contributed by atoms with Gasteiger partial charge < -0.3 is 9.30 Å². The van der Waals surface area contributed by atoms with Gasteiger partial charge in [-0.15, -0.1) is 0 Å². The van der Waals surface area contributed by atoms with Gasteiger partial charge in [-0.25, -0.2) is 4.98 Å². The Morgan fingerprint density at radius 2 is 1.52 bits per heavy atom. The third kappa shape index (κ3) is 5.27. The van der Waals surface area contributed by atoms with Crippen LogP contribution in [0.3, 0.4) is 0 Å². The standard InChI is InChI=1S/C26H34N6O/c1-22(26(33)31-17-13-28(14-18-31)19-23-7-3-2-4-8-23)30-15-11-29(12-16-30)20-24-21-32-10-6-5-9-25(32)27-24/h2-10,21-22H,11-20H2,1H3/t22-/m1/s1. The molecule has 1 atom stereocenters. The molecule has 4 heterocycles. The Labute approximate surface area is 196 Å². The molecule has 1 amide bonds. The van der Waals surface area contributed by atoms with Crippen LogP contribution in [0.1, 0.15) is 18.2 Å². The number of fused-ring (bicyclic) bond motifs is 1. The molecular formula is C26H34N6O. The van der Waals surface area contributed by atoms with Gasteiger partial charge in [0.05, 0.1) is 11.7 Å². The fourth-order valence-corrected chi connectivity index (χ4v) is 4.99. The fraction of sp³-hybridized carbons (Fsp3) is 0.462. The van der Waals surface area contributed by atoms with Crippen LogP contribution < -0.4 is 0 Å². The summed E-state index contributed by atoms with van der Waals surface area (Å²) >= 11 is 0. The lowest BCUT2D eigenvalue weighted by molar-refractivity contribution is -0.139. The maximum atomic E-state index is 13.2. The highest BCUT2D eigenvalue weighted by molar-refractivity contribution is 5.81. The van der Waals surface area contributed by atoms with Crippen LogP contribution in [0.4, 0.5) is 0 Å². The zero-order chi connectivity index (χ0) is 22.6. The summed E-state index contributed by atoms with van der Waals surface area (Å²) in [5, 5.41) is 0. The first-order valence-electron chi connectivity index (χ1n) is 12.1. The minimum Gasteiger partial charge on any atom is -0.339 e. The molecular weight excluding hydrogens is 412 g/mol. The number of carbonyl (C=O) groups is 1. The number of aromatic nitrogens is 2. The summed E-state index contributed by atoms with van der Waals surface area (Å²) in [4.78, 5) is 27.2. The van der Waals surface area contributed by atoms with Gasteiger partial charge in [0, 0.05) is 77.8 Å². The first kappa shape index (κ1) is 22.1. The van der Waals surface area contributed by atoms with Crippen molar-refractivity contribution in [2.75, 3.05) is 52.4 Å². The molecule has 2 aromatic heterocycles. The average molecular weight is 447 g/mol. The summed E-state index contributed by atoms with van der Waals surface area (Å²) in [7, 11) is 0. The van der Waals surface area contributed by atoms with Gasteiger partial charge in [0.15, 0.2) is 0 Å². The highest BCUT2D eigenvalue weighted by atomic mass is 16.2. The first-order valence-corrected chi connectivity index (χ1v) is 12.1. The summed E-state index contributed by atoms with van der Waals surface area (Å²) in [6, 6.07) is 16.6. The zero-order valence-corrected chi connectivity index (χ0v) is 19.5. The molecule has 0 spiro atoms. The van der Waals surface area contributed by atoms with Gasteiger partial charge in [-0.1, -0.05) is 36.4 Å². The van der Waals surface area contributed by atoms with Crippen molar-refractivity contribution in [2.24, 2.45) is 0 Å². The second-order valence-electron chi connectivity index (χ2n) is 9.27. The maximum absolute atomic E-state index is 13.2. The molecule has 2 aliphatic heterocycles. The van der Waals surface area contributed by atoms with Gasteiger partial charge in [0.2, 0.25) is 5.91 Å². The fourth-order valence-electron chi connectivity index (χ4n) is 4.99. The minimum absolute atomic E-state index is 0.0528. The Kier molecular flexibility index (Phi) is 6.71. The first-order chi connectivity index (χ1) is 16.2. The summed E-state index contributed by atoms with van der Waals surface area (Å²) in [5.41, 5.74) is 3.44. The minimum atomic E-state index is -0.0528. The molecule has 1 aromatic carbocycles. The summed E-state index contributed by atoms with van der Waals surface area (Å²) in [5.74, 6) is 0.281. The number of pyridine rings is 1. The Bertz CT molecular complexity index is 1020. The van der Waals surface area contributed by atoms with E-state index in [9.17, 15) is 4.79 Å². The Hall–Kier alpha value is -2.74. The van der Waals surface area contributed by atoms with Gasteiger partial charge in [-0.3, -0.25) is 19.5 Å². The smallest absolute Gasteiger partial charge is 0.239 e. The number of imidazole rings is 1. The van der Waals surface area contributed by atoms with Crippen LogP contribution in [0.2, 0.25) is 0 Å². The van der Waals surface area contributed by atoms with Crippen LogP contribution >= 0.6 is 0 Å². The molecule has 0 saturated carbocycles. The molecule has 0 radical (unpaired) electrons. The Balaban J connectivity index is 1.07. The number of piperazine rings is 2. The van der Waals surface area contributed by atoms with Gasteiger partial charge in [0.1, 0.15) is 5.65 Å². The molecule has 0 aliphatic carbocycles. The normalized spacial score (nSPS) is 19.7. The van der Waals surface area contributed by atoms with E-state index in [2.05, 4.69) is 67.5 Å². The molecule has 0 unspecified atom stereocenters. The number of benzene rings is 1. The van der Waals surface area contributed by atoms with Crippen molar-refractivity contribution in [3.8, 4) is 0 Å². The average Bonchev–Trinajstić information content (AvgIpc) is 3.27. The summed E-state index contributed by atoms with van der Waals surface area (Å²) < 4.78 is 2.08. The monoisotopic (exact) mass is 446 g/mol. The lowest BCUT2D eigenvalue weighted by atomic mass is 10.1. The number of nitrogens with zero attached hydrogens (tertiary/aromatic N) is 6. The van der Waals surface area contributed by atoms with E-state index in [0.29, 0.717) is 0 Å². The lowest BCUT2D eigenvalue weighted by Gasteiger charge is -2.41. The van der Waals surface area contributed by atoms with Crippen molar-refractivity contribution >= 4 is 11.6 Å². The molecule has 3 aromatic rings. The third-order valence-electron chi connectivity index (χ3n) is 7.04. The van der Waals surface area contributed by atoms with Crippen LogP contribution in [0, 0.1) is 0 Å². The van der Waals surface area contributed by atoms with E-state index in [1.807, 2.05) is 24.4 Å². The molecule has 33 heavy (non-hydrogen) atoms. The molecule has 5 rings (SSSR count). The SMILES string of the molecule is C[C@H](C(=O)N1CCN(Cc2ccccc2)CC1)N1CCN(Cc2cn3ccccc3n2)CC1. The van der Waals surface area contributed by atoms with Crippen molar-refractivity contribution in [1.29, 1.82) is 0 Å². The topological polar surface area (TPSA) is 47.3 Å². The predicted octanol–water partition coefficient (Wildman–Crippen LogP) is 2.18. The van der Waals surface area contributed by atoms with Crippen LogP contribution in [0.5, 0.6) is 0 Å². The molecule has 7 nitrogen and oxygen atoms in total. The third-order valence-corrected chi connectivity index (χ3v) is 7.04.